The molecule has 0 bridgehead atoms. The largest absolute Gasteiger partial charge is 0.410 e. The maximum Gasteiger partial charge on any atom is 0.410 e. The van der Waals surface area contributed by atoms with Crippen molar-refractivity contribution in [2.75, 3.05) is 18.4 Å². The van der Waals surface area contributed by atoms with Gasteiger partial charge in [-0.2, -0.15) is 18.3 Å². The van der Waals surface area contributed by atoms with Gasteiger partial charge in [0, 0.05) is 56.0 Å². The lowest BCUT2D eigenvalue weighted by Crippen LogP contribution is -2.41. The van der Waals surface area contributed by atoms with Crippen molar-refractivity contribution < 1.29 is 18.0 Å². The molecule has 0 radical (unpaired) electrons. The second kappa shape index (κ2) is 7.72. The molecule has 0 spiro atoms. The van der Waals surface area contributed by atoms with Crippen LogP contribution in [0.15, 0.2) is 29.2 Å². The van der Waals surface area contributed by atoms with Gasteiger partial charge in [0.2, 0.25) is 0 Å². The van der Waals surface area contributed by atoms with Crippen LogP contribution >= 0.6 is 0 Å². The second-order valence-corrected chi connectivity index (χ2v) is 8.79. The molecule has 0 saturated carbocycles. The Labute approximate surface area is 177 Å². The monoisotopic (exact) mass is 437 g/mol. The third-order valence-electron chi connectivity index (χ3n) is 6.29. The maximum atomic E-state index is 13.7. The molecule has 2 aliphatic rings. The zero-order valence-corrected chi connectivity index (χ0v) is 17.7. The summed E-state index contributed by atoms with van der Waals surface area (Å²) in [6.07, 6.45) is -2.30. The molecule has 3 atom stereocenters. The molecule has 0 aliphatic carbocycles. The summed E-state index contributed by atoms with van der Waals surface area (Å²) in [5.41, 5.74) is 0.597. The Kier molecular flexibility index (Phi) is 5.35. The van der Waals surface area contributed by atoms with Gasteiger partial charge in [0.05, 0.1) is 5.69 Å². The Hall–Kier alpha value is -2.78. The van der Waals surface area contributed by atoms with E-state index in [1.54, 1.807) is 30.3 Å². The summed E-state index contributed by atoms with van der Waals surface area (Å²) in [7, 11) is 1.61. The van der Waals surface area contributed by atoms with Crippen molar-refractivity contribution in [3.63, 3.8) is 0 Å². The maximum absolute atomic E-state index is 13.7. The number of hydrogen-bond acceptors (Lipinski definition) is 4. The third kappa shape index (κ3) is 4.07. The van der Waals surface area contributed by atoms with Crippen molar-refractivity contribution in [1.29, 1.82) is 0 Å². The molecule has 0 unspecified atom stereocenters. The lowest BCUT2D eigenvalue weighted by atomic mass is 9.94. The van der Waals surface area contributed by atoms with Gasteiger partial charge in [-0.3, -0.25) is 9.59 Å². The number of carbonyl (C=O) groups excluding carboxylic acids is 1. The molecule has 168 valence electrons. The smallest absolute Gasteiger partial charge is 0.367 e. The van der Waals surface area contributed by atoms with E-state index in [4.69, 9.17) is 0 Å². The summed E-state index contributed by atoms with van der Waals surface area (Å²) >= 11 is 0. The Morgan fingerprint density at radius 2 is 2.03 bits per heavy atom. The van der Waals surface area contributed by atoms with Crippen LogP contribution in [0, 0.1) is 5.92 Å². The first-order valence-corrected chi connectivity index (χ1v) is 10.4. The molecule has 10 heteroatoms. The van der Waals surface area contributed by atoms with E-state index in [2.05, 4.69) is 10.4 Å². The number of hydrogen-bond donors (Lipinski definition) is 1. The predicted molar refractivity (Wildman–Crippen MR) is 109 cm³/mol. The molecule has 1 fully saturated rings. The highest BCUT2D eigenvalue weighted by molar-refractivity contribution is 5.94. The number of fused-ring (bicyclic) bond motifs is 1. The topological polar surface area (TPSA) is 72.2 Å². The van der Waals surface area contributed by atoms with Crippen LogP contribution in [0.4, 0.5) is 19.0 Å². The second-order valence-electron chi connectivity index (χ2n) is 8.79. The first-order chi connectivity index (χ1) is 14.5. The van der Waals surface area contributed by atoms with Crippen LogP contribution in [0.1, 0.15) is 54.7 Å². The van der Waals surface area contributed by atoms with Crippen LogP contribution in [0.25, 0.3) is 0 Å². The van der Waals surface area contributed by atoms with E-state index >= 15 is 0 Å². The molecule has 4 rings (SSSR count). The van der Waals surface area contributed by atoms with Gasteiger partial charge < -0.3 is 14.8 Å². The Morgan fingerprint density at radius 1 is 1.29 bits per heavy atom. The molecule has 2 aromatic rings. The van der Waals surface area contributed by atoms with E-state index in [0.29, 0.717) is 36.6 Å². The number of nitrogens with one attached hydrogen (secondary N) is 1. The van der Waals surface area contributed by atoms with Crippen molar-refractivity contribution in [1.82, 2.24) is 19.2 Å². The van der Waals surface area contributed by atoms with Gasteiger partial charge in [-0.25, -0.2) is 4.68 Å². The SMILES string of the molecule is CC(C)[C@@H]1C[C@H](C(F)(F)F)n2nc([C@H]3CCN(C(=O)c4ccn(C)c(=O)c4)C3)cc2N1. The standard InChI is InChI=1S/C21H26F3N5O2/c1-12(2)15-9-17(21(22,23)24)29-18(25-15)10-16(26-29)14-5-7-28(11-14)20(31)13-4-6-27(3)19(30)8-13/h4,6,8,10,12,14-15,17,25H,5,7,9,11H2,1-3H3/t14-,15-,17+/m0/s1. The van der Waals surface area contributed by atoms with E-state index in [1.165, 1.54) is 10.6 Å². The summed E-state index contributed by atoms with van der Waals surface area (Å²) in [5, 5.41) is 7.51. The number of anilines is 1. The van der Waals surface area contributed by atoms with Crippen LogP contribution in [0.2, 0.25) is 0 Å². The minimum atomic E-state index is -4.38. The van der Waals surface area contributed by atoms with E-state index in [1.807, 2.05) is 13.8 Å². The first-order valence-electron chi connectivity index (χ1n) is 10.4. The van der Waals surface area contributed by atoms with Crippen molar-refractivity contribution in [3.8, 4) is 0 Å². The molecule has 1 N–H and O–H groups in total. The zero-order chi connectivity index (χ0) is 22.5. The molecule has 4 heterocycles. The minimum Gasteiger partial charge on any atom is -0.367 e. The number of likely N-dealkylation sites (tertiary alicyclic amines) is 1. The Balaban J connectivity index is 1.55. The fourth-order valence-corrected chi connectivity index (χ4v) is 4.31. The Morgan fingerprint density at radius 3 is 2.68 bits per heavy atom. The molecule has 0 aromatic carbocycles. The van der Waals surface area contributed by atoms with Gasteiger partial charge >= 0.3 is 6.18 Å². The fourth-order valence-electron chi connectivity index (χ4n) is 4.31. The minimum absolute atomic E-state index is 0.0510. The van der Waals surface area contributed by atoms with Crippen molar-refractivity contribution in [2.24, 2.45) is 13.0 Å². The summed E-state index contributed by atoms with van der Waals surface area (Å²) in [6, 6.07) is 2.63. The van der Waals surface area contributed by atoms with Crippen LogP contribution in [-0.4, -0.2) is 50.5 Å². The lowest BCUT2D eigenvalue weighted by molar-refractivity contribution is -0.174. The number of rotatable bonds is 3. The van der Waals surface area contributed by atoms with Crippen LogP contribution in [0.5, 0.6) is 0 Å². The summed E-state index contributed by atoms with van der Waals surface area (Å²) in [4.78, 5) is 26.2. The number of alkyl halides is 3. The van der Waals surface area contributed by atoms with Gasteiger partial charge in [-0.05, 0) is 24.8 Å². The number of amides is 1. The quantitative estimate of drug-likeness (QED) is 0.801. The molecule has 7 nitrogen and oxygen atoms in total. The fraction of sp³-hybridized carbons (Fsp3) is 0.571. The number of aryl methyl sites for hydroxylation is 1. The number of carbonyl (C=O) groups is 1. The van der Waals surface area contributed by atoms with E-state index in [0.717, 1.165) is 4.68 Å². The number of aromatic nitrogens is 3. The molecule has 31 heavy (non-hydrogen) atoms. The van der Waals surface area contributed by atoms with Gasteiger partial charge in [0.1, 0.15) is 5.82 Å². The van der Waals surface area contributed by atoms with Crippen LogP contribution < -0.4 is 10.9 Å². The first kappa shape index (κ1) is 21.5. The summed E-state index contributed by atoms with van der Waals surface area (Å²) in [5.74, 6) is 0.0193. The van der Waals surface area contributed by atoms with Gasteiger partial charge in [-0.1, -0.05) is 13.8 Å². The lowest BCUT2D eigenvalue weighted by Gasteiger charge is -2.35. The summed E-state index contributed by atoms with van der Waals surface area (Å²) in [6.45, 7) is 4.62. The van der Waals surface area contributed by atoms with E-state index < -0.39 is 12.2 Å². The highest BCUT2D eigenvalue weighted by Crippen LogP contribution is 2.42. The highest BCUT2D eigenvalue weighted by Gasteiger charge is 2.47. The Bertz CT molecular complexity index is 1040. The van der Waals surface area contributed by atoms with Crippen LogP contribution in [0.3, 0.4) is 0 Å². The molecule has 2 aliphatic heterocycles. The average Bonchev–Trinajstić information content (AvgIpc) is 3.34. The van der Waals surface area contributed by atoms with Gasteiger partial charge in [0.15, 0.2) is 6.04 Å². The normalized spacial score (nSPS) is 23.7. The molecular weight excluding hydrogens is 411 g/mol. The highest BCUT2D eigenvalue weighted by atomic mass is 19.4. The molecule has 1 saturated heterocycles. The van der Waals surface area contributed by atoms with Crippen LogP contribution in [-0.2, 0) is 7.05 Å². The van der Waals surface area contributed by atoms with Gasteiger partial charge in [0.25, 0.3) is 11.5 Å². The van der Waals surface area contributed by atoms with Crippen molar-refractivity contribution in [3.05, 3.63) is 46.0 Å². The molecular formula is C21H26F3N5O2. The predicted octanol–water partition coefficient (Wildman–Crippen LogP) is 3.16. The zero-order valence-electron chi connectivity index (χ0n) is 17.7. The molecule has 2 aromatic heterocycles. The molecule has 1 amide bonds. The average molecular weight is 437 g/mol. The number of nitrogens with zero attached hydrogens (tertiary/aromatic N) is 4. The van der Waals surface area contributed by atoms with Crippen molar-refractivity contribution in [2.45, 2.75) is 50.9 Å². The van der Waals surface area contributed by atoms with Crippen molar-refractivity contribution >= 4 is 11.7 Å². The number of halogens is 3. The summed E-state index contributed by atoms with van der Waals surface area (Å²) < 4.78 is 43.5. The van der Waals surface area contributed by atoms with E-state index in [-0.39, 0.29) is 35.8 Å². The third-order valence-corrected chi connectivity index (χ3v) is 6.29. The number of pyridine rings is 1. The van der Waals surface area contributed by atoms with Gasteiger partial charge in [-0.15, -0.1) is 0 Å². The van der Waals surface area contributed by atoms with E-state index in [9.17, 15) is 22.8 Å².